The molecule has 2 aliphatic rings. The van der Waals surface area contributed by atoms with Crippen molar-refractivity contribution in [1.29, 1.82) is 0 Å². The van der Waals surface area contributed by atoms with E-state index < -0.39 is 17.6 Å². The number of likely N-dealkylation sites (tertiary alicyclic amines) is 1. The molecule has 0 atom stereocenters. The summed E-state index contributed by atoms with van der Waals surface area (Å²) in [7, 11) is 0. The van der Waals surface area contributed by atoms with E-state index in [9.17, 15) is 13.6 Å². The molecule has 1 heterocycles. The van der Waals surface area contributed by atoms with Crippen LogP contribution in [0.3, 0.4) is 0 Å². The first-order chi connectivity index (χ1) is 14.4. The summed E-state index contributed by atoms with van der Waals surface area (Å²) >= 11 is 5.74. The molecule has 0 bridgehead atoms. The maximum absolute atomic E-state index is 14.1. The van der Waals surface area contributed by atoms with Crippen LogP contribution >= 0.6 is 11.6 Å². The van der Waals surface area contributed by atoms with Gasteiger partial charge in [0.25, 0.3) is 0 Å². The lowest BCUT2D eigenvalue weighted by Gasteiger charge is -2.32. The average Bonchev–Trinajstić information content (AvgIpc) is 3.55. The quantitative estimate of drug-likeness (QED) is 0.625. The van der Waals surface area contributed by atoms with Crippen molar-refractivity contribution in [2.24, 2.45) is 5.92 Å². The van der Waals surface area contributed by atoms with Crippen LogP contribution in [0.2, 0.25) is 5.02 Å². The Morgan fingerprint density at radius 3 is 2.47 bits per heavy atom. The average molecular weight is 436 g/mol. The summed E-state index contributed by atoms with van der Waals surface area (Å²) < 4.78 is 33.7. The number of hydrogen-bond acceptors (Lipinski definition) is 3. The molecule has 0 radical (unpaired) electrons. The number of benzene rings is 2. The first-order valence-corrected chi connectivity index (χ1v) is 10.6. The van der Waals surface area contributed by atoms with E-state index in [0.717, 1.165) is 49.9 Å². The highest BCUT2D eigenvalue weighted by Gasteiger charge is 2.30. The Bertz CT molecular complexity index is 940. The zero-order valence-corrected chi connectivity index (χ0v) is 17.3. The van der Waals surface area contributed by atoms with E-state index in [1.165, 1.54) is 18.2 Å². The van der Waals surface area contributed by atoms with Gasteiger partial charge in [-0.3, -0.25) is 4.90 Å². The van der Waals surface area contributed by atoms with Crippen LogP contribution < -0.4 is 4.74 Å². The van der Waals surface area contributed by atoms with Crippen LogP contribution in [0, 0.1) is 17.6 Å². The Labute approximate surface area is 179 Å². The second kappa shape index (κ2) is 8.90. The van der Waals surface area contributed by atoms with Crippen LogP contribution in [0.15, 0.2) is 30.3 Å². The molecule has 4 rings (SSSR count). The molecule has 1 N–H and O–H groups in total. The Balaban J connectivity index is 1.32. The molecule has 0 amide bonds. The number of aromatic carboxylic acids is 1. The third-order valence-corrected chi connectivity index (χ3v) is 6.23. The lowest BCUT2D eigenvalue weighted by atomic mass is 9.97. The molecule has 0 unspecified atom stereocenters. The largest absolute Gasteiger partial charge is 0.493 e. The van der Waals surface area contributed by atoms with Gasteiger partial charge in [0, 0.05) is 12.6 Å². The number of rotatable bonds is 7. The van der Waals surface area contributed by atoms with E-state index in [1.807, 2.05) is 6.07 Å². The van der Waals surface area contributed by atoms with Crippen molar-refractivity contribution in [1.82, 2.24) is 4.90 Å². The highest BCUT2D eigenvalue weighted by molar-refractivity contribution is 6.30. The van der Waals surface area contributed by atoms with Gasteiger partial charge in [0.2, 0.25) is 0 Å². The van der Waals surface area contributed by atoms with Crippen molar-refractivity contribution in [3.05, 3.63) is 63.7 Å². The summed E-state index contributed by atoms with van der Waals surface area (Å²) in [5.41, 5.74) is 1.40. The molecule has 1 saturated heterocycles. The van der Waals surface area contributed by atoms with Gasteiger partial charge in [0.05, 0.1) is 17.2 Å². The summed E-state index contributed by atoms with van der Waals surface area (Å²) in [6, 6.07) is 7.56. The number of carbonyl (C=O) groups is 1. The minimum Gasteiger partial charge on any atom is -0.493 e. The molecule has 2 aromatic rings. The summed E-state index contributed by atoms with van der Waals surface area (Å²) in [5.74, 6) is -1.33. The van der Waals surface area contributed by atoms with E-state index in [1.54, 1.807) is 6.07 Å². The van der Waals surface area contributed by atoms with Gasteiger partial charge in [-0.15, -0.1) is 0 Å². The van der Waals surface area contributed by atoms with E-state index in [-0.39, 0.29) is 16.5 Å². The lowest BCUT2D eigenvalue weighted by molar-refractivity contribution is 0.0691. The molecule has 0 aromatic heterocycles. The summed E-state index contributed by atoms with van der Waals surface area (Å²) in [4.78, 5) is 13.5. The van der Waals surface area contributed by atoms with Crippen LogP contribution in [0.4, 0.5) is 8.78 Å². The van der Waals surface area contributed by atoms with Gasteiger partial charge >= 0.3 is 5.97 Å². The molecule has 0 spiro atoms. The Kier molecular flexibility index (Phi) is 6.25. The zero-order valence-electron chi connectivity index (χ0n) is 16.5. The summed E-state index contributed by atoms with van der Waals surface area (Å²) in [6.07, 6.45) is 3.82. The standard InChI is InChI=1S/C23H24ClF2NO3/c24-19-4-1-15(9-21(19)26)12-27-7-5-14(6-8-27)13-30-22-11-20(25)18(23(28)29)10-17(22)16-2-3-16/h1,4,9-11,14,16H,2-3,5-8,12-13H2,(H,28,29). The SMILES string of the molecule is O=C(O)c1cc(C2CC2)c(OCC2CCN(Cc3ccc(Cl)c(F)c3)CC2)cc1F. The van der Waals surface area contributed by atoms with E-state index in [2.05, 4.69) is 4.90 Å². The fourth-order valence-electron chi connectivity index (χ4n) is 3.99. The number of halogens is 3. The van der Waals surface area contributed by atoms with E-state index in [0.29, 0.717) is 24.8 Å². The number of piperidine rings is 1. The number of carboxylic acids is 1. The third-order valence-electron chi connectivity index (χ3n) is 5.92. The Hall–Kier alpha value is -2.18. The van der Waals surface area contributed by atoms with Gasteiger partial charge < -0.3 is 9.84 Å². The van der Waals surface area contributed by atoms with Gasteiger partial charge in [-0.2, -0.15) is 0 Å². The van der Waals surface area contributed by atoms with Crippen molar-refractivity contribution in [3.63, 3.8) is 0 Å². The van der Waals surface area contributed by atoms with Crippen LogP contribution in [0.25, 0.3) is 0 Å². The maximum atomic E-state index is 14.1. The van der Waals surface area contributed by atoms with Crippen molar-refractivity contribution in [3.8, 4) is 5.75 Å². The molecule has 30 heavy (non-hydrogen) atoms. The number of nitrogens with zero attached hydrogens (tertiary/aromatic N) is 1. The van der Waals surface area contributed by atoms with Gasteiger partial charge in [-0.25, -0.2) is 13.6 Å². The monoisotopic (exact) mass is 435 g/mol. The minimum absolute atomic E-state index is 0.132. The minimum atomic E-state index is -1.26. The molecule has 1 aliphatic carbocycles. The van der Waals surface area contributed by atoms with Gasteiger partial charge in [-0.1, -0.05) is 17.7 Å². The maximum Gasteiger partial charge on any atom is 0.338 e. The van der Waals surface area contributed by atoms with E-state index >= 15 is 0 Å². The lowest BCUT2D eigenvalue weighted by Crippen LogP contribution is -2.35. The zero-order chi connectivity index (χ0) is 21.3. The first-order valence-electron chi connectivity index (χ1n) is 10.3. The second-order valence-corrected chi connectivity index (χ2v) is 8.64. The van der Waals surface area contributed by atoms with Gasteiger partial charge in [0.15, 0.2) is 0 Å². The highest BCUT2D eigenvalue weighted by Crippen LogP contribution is 2.45. The van der Waals surface area contributed by atoms with Crippen molar-refractivity contribution >= 4 is 17.6 Å². The van der Waals surface area contributed by atoms with Crippen LogP contribution in [0.1, 0.15) is 53.1 Å². The molecule has 2 aromatic carbocycles. The molecular formula is C23H24ClF2NO3. The molecular weight excluding hydrogens is 412 g/mol. The fourth-order valence-corrected chi connectivity index (χ4v) is 4.11. The van der Waals surface area contributed by atoms with Crippen LogP contribution in [-0.2, 0) is 6.54 Å². The summed E-state index contributed by atoms with van der Waals surface area (Å²) in [5, 5.41) is 9.30. The van der Waals surface area contributed by atoms with Crippen molar-refractivity contribution in [2.45, 2.75) is 38.1 Å². The van der Waals surface area contributed by atoms with Crippen LogP contribution in [-0.4, -0.2) is 35.7 Å². The molecule has 2 fully saturated rings. The third kappa shape index (κ3) is 4.93. The fraction of sp³-hybridized carbons (Fsp3) is 0.435. The number of hydrogen-bond donors (Lipinski definition) is 1. The molecule has 160 valence electrons. The Morgan fingerprint density at radius 1 is 1.10 bits per heavy atom. The highest BCUT2D eigenvalue weighted by atomic mass is 35.5. The predicted molar refractivity (Wildman–Crippen MR) is 110 cm³/mol. The Morgan fingerprint density at radius 2 is 1.83 bits per heavy atom. The topological polar surface area (TPSA) is 49.8 Å². The molecule has 1 aliphatic heterocycles. The van der Waals surface area contributed by atoms with Gasteiger partial charge in [0.1, 0.15) is 17.4 Å². The smallest absolute Gasteiger partial charge is 0.338 e. The van der Waals surface area contributed by atoms with Gasteiger partial charge in [-0.05, 0) is 79.9 Å². The second-order valence-electron chi connectivity index (χ2n) is 8.23. The predicted octanol–water partition coefficient (Wildman–Crippen LogP) is 5.48. The number of carboxylic acid groups (broad SMARTS) is 1. The normalized spacial score (nSPS) is 17.8. The van der Waals surface area contributed by atoms with Crippen molar-refractivity contribution in [2.75, 3.05) is 19.7 Å². The molecule has 7 heteroatoms. The van der Waals surface area contributed by atoms with Crippen molar-refractivity contribution < 1.29 is 23.4 Å². The van der Waals surface area contributed by atoms with E-state index in [4.69, 9.17) is 21.4 Å². The first kappa shape index (κ1) is 21.1. The van der Waals surface area contributed by atoms with Crippen LogP contribution in [0.5, 0.6) is 5.75 Å². The number of ether oxygens (including phenoxy) is 1. The molecule has 4 nitrogen and oxygen atoms in total. The molecule has 1 saturated carbocycles. The summed E-state index contributed by atoms with van der Waals surface area (Å²) in [6.45, 7) is 2.91.